The van der Waals surface area contributed by atoms with Crippen LogP contribution >= 0.6 is 0 Å². The van der Waals surface area contributed by atoms with E-state index in [1.165, 1.54) is 4.90 Å². The van der Waals surface area contributed by atoms with Crippen molar-refractivity contribution in [3.63, 3.8) is 0 Å². The third-order valence-electron chi connectivity index (χ3n) is 4.99. The number of rotatable bonds is 9. The van der Waals surface area contributed by atoms with Gasteiger partial charge in [-0.05, 0) is 62.8 Å². The highest BCUT2D eigenvalue weighted by Crippen LogP contribution is 2.23. The number of carbonyl (C=O) groups excluding carboxylic acids is 2. The van der Waals surface area contributed by atoms with Crippen molar-refractivity contribution in [3.05, 3.63) is 82.1 Å². The van der Waals surface area contributed by atoms with Gasteiger partial charge in [0.25, 0.3) is 5.91 Å². The molecule has 0 aromatic heterocycles. The molecule has 0 bridgehead atoms. The van der Waals surface area contributed by atoms with Crippen LogP contribution in [0.5, 0.6) is 0 Å². The number of benzene rings is 1. The molecule has 29 heavy (non-hydrogen) atoms. The number of amides is 2. The summed E-state index contributed by atoms with van der Waals surface area (Å²) in [5.74, 6) is -0.270. The van der Waals surface area contributed by atoms with Crippen LogP contribution in [0, 0.1) is 12.8 Å². The molecule has 156 valence electrons. The van der Waals surface area contributed by atoms with Gasteiger partial charge in [0, 0.05) is 23.4 Å². The minimum absolute atomic E-state index is 0.00543. The molecule has 2 amide bonds. The highest BCUT2D eigenvalue weighted by Gasteiger charge is 2.20. The average molecular weight is 395 g/mol. The van der Waals surface area contributed by atoms with Gasteiger partial charge >= 0.3 is 0 Å². The molecule has 4 nitrogen and oxygen atoms in total. The van der Waals surface area contributed by atoms with E-state index in [4.69, 9.17) is 5.73 Å². The smallest absolute Gasteiger partial charge is 0.260 e. The van der Waals surface area contributed by atoms with Crippen molar-refractivity contribution >= 4 is 12.3 Å². The summed E-state index contributed by atoms with van der Waals surface area (Å²) < 4.78 is 0. The highest BCUT2D eigenvalue weighted by atomic mass is 16.2. The highest BCUT2D eigenvalue weighted by molar-refractivity contribution is 6.00. The van der Waals surface area contributed by atoms with E-state index in [0.29, 0.717) is 18.5 Å². The van der Waals surface area contributed by atoms with Crippen LogP contribution in [-0.4, -0.2) is 23.8 Å². The van der Waals surface area contributed by atoms with Crippen LogP contribution in [0.4, 0.5) is 0 Å². The monoisotopic (exact) mass is 394 g/mol. The summed E-state index contributed by atoms with van der Waals surface area (Å²) in [6.45, 7) is 16.2. The van der Waals surface area contributed by atoms with Crippen molar-refractivity contribution in [1.29, 1.82) is 0 Å². The van der Waals surface area contributed by atoms with E-state index in [1.54, 1.807) is 12.1 Å². The Morgan fingerprint density at radius 3 is 2.38 bits per heavy atom. The van der Waals surface area contributed by atoms with Gasteiger partial charge < -0.3 is 5.73 Å². The lowest BCUT2D eigenvalue weighted by molar-refractivity contribution is -0.116. The van der Waals surface area contributed by atoms with Crippen LogP contribution in [-0.2, 0) is 4.79 Å². The second-order valence-corrected chi connectivity index (χ2v) is 7.57. The van der Waals surface area contributed by atoms with Crippen LogP contribution in [0.1, 0.15) is 57.0 Å². The molecule has 1 aromatic rings. The molecular weight excluding hydrogens is 360 g/mol. The van der Waals surface area contributed by atoms with Gasteiger partial charge in [-0.25, -0.2) is 0 Å². The number of nitrogens with two attached hydrogens (primary N) is 1. The molecule has 0 aliphatic rings. The Bertz CT molecular complexity index is 859. The summed E-state index contributed by atoms with van der Waals surface area (Å²) >= 11 is 0. The van der Waals surface area contributed by atoms with Gasteiger partial charge in [0.15, 0.2) is 0 Å². The first-order chi connectivity index (χ1) is 13.6. The summed E-state index contributed by atoms with van der Waals surface area (Å²) in [4.78, 5) is 25.6. The van der Waals surface area contributed by atoms with E-state index in [9.17, 15) is 9.59 Å². The molecular formula is C25H34N2O2. The molecule has 0 spiro atoms. The number of nitrogens with zero attached hydrogens (tertiary/aromatic N) is 1. The van der Waals surface area contributed by atoms with E-state index in [-0.39, 0.29) is 11.8 Å². The normalized spacial score (nSPS) is 14.1. The van der Waals surface area contributed by atoms with Crippen molar-refractivity contribution < 1.29 is 9.59 Å². The number of hydrogen-bond acceptors (Lipinski definition) is 3. The topological polar surface area (TPSA) is 63.4 Å². The predicted molar refractivity (Wildman–Crippen MR) is 121 cm³/mol. The van der Waals surface area contributed by atoms with Crippen molar-refractivity contribution in [3.8, 4) is 0 Å². The molecule has 0 aliphatic carbocycles. The second-order valence-electron chi connectivity index (χ2n) is 7.57. The number of hydrogen-bond donors (Lipinski definition) is 1. The van der Waals surface area contributed by atoms with Gasteiger partial charge in [-0.15, -0.1) is 0 Å². The minimum atomic E-state index is -0.275. The molecule has 0 fully saturated rings. The van der Waals surface area contributed by atoms with Gasteiger partial charge in [0.2, 0.25) is 6.41 Å². The molecule has 0 radical (unpaired) electrons. The van der Waals surface area contributed by atoms with Crippen molar-refractivity contribution in [1.82, 2.24) is 4.90 Å². The van der Waals surface area contributed by atoms with Gasteiger partial charge in [-0.1, -0.05) is 56.4 Å². The van der Waals surface area contributed by atoms with Gasteiger partial charge in [0.05, 0.1) is 0 Å². The summed E-state index contributed by atoms with van der Waals surface area (Å²) in [5, 5.41) is 0. The Morgan fingerprint density at radius 1 is 1.24 bits per heavy atom. The third-order valence-corrected chi connectivity index (χ3v) is 4.99. The fraction of sp³-hybridized carbons (Fsp3) is 0.360. The Kier molecular flexibility index (Phi) is 9.33. The van der Waals surface area contributed by atoms with E-state index >= 15 is 0 Å². The van der Waals surface area contributed by atoms with Gasteiger partial charge in [-0.3, -0.25) is 14.5 Å². The van der Waals surface area contributed by atoms with Crippen molar-refractivity contribution in [2.45, 2.75) is 48.0 Å². The first kappa shape index (κ1) is 24.2. The Morgan fingerprint density at radius 2 is 1.86 bits per heavy atom. The molecule has 1 unspecified atom stereocenters. The molecule has 4 heteroatoms. The lowest BCUT2D eigenvalue weighted by atomic mass is 9.94. The Labute approximate surface area is 175 Å². The number of allylic oxidation sites excluding steroid dienone is 4. The van der Waals surface area contributed by atoms with E-state index in [2.05, 4.69) is 12.7 Å². The van der Waals surface area contributed by atoms with E-state index in [0.717, 1.165) is 40.0 Å². The number of aryl methyl sites for hydroxylation is 1. The van der Waals surface area contributed by atoms with Gasteiger partial charge in [0.1, 0.15) is 0 Å². The molecule has 1 atom stereocenters. The summed E-state index contributed by atoms with van der Waals surface area (Å²) in [7, 11) is 0. The second kappa shape index (κ2) is 11.2. The fourth-order valence-electron chi connectivity index (χ4n) is 3.27. The van der Waals surface area contributed by atoms with Crippen molar-refractivity contribution in [2.75, 3.05) is 6.54 Å². The SMILES string of the molecule is C=C(C)C(/C(N)=C/CC)=C(C)/C=C(\C)C(C)CN(C=O)C(=O)c1ccccc1C. The first-order valence-electron chi connectivity index (χ1n) is 9.96. The third kappa shape index (κ3) is 6.60. The molecule has 2 N–H and O–H groups in total. The Balaban J connectivity index is 3.11. The van der Waals surface area contributed by atoms with Crippen LogP contribution in [0.15, 0.2) is 71.0 Å². The number of carbonyl (C=O) groups is 2. The van der Waals surface area contributed by atoms with E-state index in [1.807, 2.05) is 59.8 Å². The molecule has 0 saturated carbocycles. The van der Waals surface area contributed by atoms with Gasteiger partial charge in [-0.2, -0.15) is 0 Å². The maximum absolute atomic E-state index is 12.8. The lowest BCUT2D eigenvalue weighted by Crippen LogP contribution is -2.34. The minimum Gasteiger partial charge on any atom is -0.398 e. The maximum Gasteiger partial charge on any atom is 0.260 e. The maximum atomic E-state index is 12.8. The molecule has 0 saturated heterocycles. The molecule has 0 heterocycles. The standard InChI is InChI=1S/C25H34N2O2/c1-8-11-23(26)24(17(2)3)20(6)14-19(5)21(7)15-27(16-28)25(29)22-13-10-9-12-18(22)4/h9-14,16,21H,2,8,15,26H2,1,3-7H3/b19-14+,23-11-,24-20-. The largest absolute Gasteiger partial charge is 0.398 e. The van der Waals surface area contributed by atoms with Crippen LogP contribution in [0.3, 0.4) is 0 Å². The lowest BCUT2D eigenvalue weighted by Gasteiger charge is -2.22. The molecule has 1 aromatic carbocycles. The number of imide groups is 1. The molecule has 1 rings (SSSR count). The average Bonchev–Trinajstić information content (AvgIpc) is 2.65. The molecule has 0 aliphatic heterocycles. The fourth-order valence-corrected chi connectivity index (χ4v) is 3.27. The zero-order valence-electron chi connectivity index (χ0n) is 18.6. The summed E-state index contributed by atoms with van der Waals surface area (Å²) in [6.07, 6.45) is 5.51. The quantitative estimate of drug-likeness (QED) is 0.455. The van der Waals surface area contributed by atoms with Crippen LogP contribution in [0.2, 0.25) is 0 Å². The predicted octanol–water partition coefficient (Wildman–Crippen LogP) is 5.32. The van der Waals surface area contributed by atoms with E-state index < -0.39 is 0 Å². The van der Waals surface area contributed by atoms with Crippen LogP contribution in [0.25, 0.3) is 0 Å². The van der Waals surface area contributed by atoms with Crippen LogP contribution < -0.4 is 5.73 Å². The first-order valence-corrected chi connectivity index (χ1v) is 9.96. The zero-order chi connectivity index (χ0) is 22.1. The summed E-state index contributed by atoms with van der Waals surface area (Å²) in [5.41, 5.74) is 12.3. The van der Waals surface area contributed by atoms with Crippen molar-refractivity contribution in [2.24, 2.45) is 11.7 Å². The zero-order valence-corrected chi connectivity index (χ0v) is 18.6. The Hall–Kier alpha value is -2.88. The summed E-state index contributed by atoms with van der Waals surface area (Å²) in [6, 6.07) is 7.29.